The average Bonchev–Trinajstić information content (AvgIpc) is 2.55. The fourth-order valence-corrected chi connectivity index (χ4v) is 2.51. The first-order valence-electron chi connectivity index (χ1n) is 6.75. The normalized spacial score (nSPS) is 21.5. The number of hydrogen-bond acceptors (Lipinski definition) is 4. The van der Waals surface area contributed by atoms with Crippen LogP contribution in [0.25, 0.3) is 0 Å². The molecule has 1 N–H and O–H groups in total. The summed E-state index contributed by atoms with van der Waals surface area (Å²) in [4.78, 5) is 20.5. The first-order chi connectivity index (χ1) is 9.22. The molecule has 1 unspecified atom stereocenters. The van der Waals surface area contributed by atoms with Crippen molar-refractivity contribution in [2.24, 2.45) is 0 Å². The lowest BCUT2D eigenvalue weighted by Crippen LogP contribution is -2.49. The molecule has 0 aliphatic carbocycles. The summed E-state index contributed by atoms with van der Waals surface area (Å²) in [6.07, 6.45) is 4.62. The lowest BCUT2D eigenvalue weighted by molar-refractivity contribution is -0.134. The molecule has 1 aliphatic heterocycles. The number of aromatic nitrogens is 1. The van der Waals surface area contributed by atoms with Gasteiger partial charge in [0.2, 0.25) is 5.91 Å². The van der Waals surface area contributed by atoms with Gasteiger partial charge in [-0.15, -0.1) is 0 Å². The Bertz CT molecular complexity index is 409. The van der Waals surface area contributed by atoms with Crippen molar-refractivity contribution in [1.82, 2.24) is 20.1 Å². The van der Waals surface area contributed by atoms with Crippen molar-refractivity contribution in [3.8, 4) is 0 Å². The Morgan fingerprint density at radius 3 is 2.79 bits per heavy atom. The van der Waals surface area contributed by atoms with Gasteiger partial charge in [-0.1, -0.05) is 0 Å². The monoisotopic (exact) mass is 262 g/mol. The van der Waals surface area contributed by atoms with Crippen LogP contribution in [-0.2, 0) is 11.3 Å². The van der Waals surface area contributed by atoms with Crippen LogP contribution in [0.3, 0.4) is 0 Å². The largest absolute Gasteiger partial charge is 0.344 e. The highest BCUT2D eigenvalue weighted by molar-refractivity contribution is 5.82. The number of carbonyl (C=O) groups is 1. The summed E-state index contributed by atoms with van der Waals surface area (Å²) >= 11 is 0. The van der Waals surface area contributed by atoms with E-state index in [1.165, 1.54) is 5.56 Å². The third-order valence-electron chi connectivity index (χ3n) is 3.57. The summed E-state index contributed by atoms with van der Waals surface area (Å²) in [6.45, 7) is 3.28. The maximum Gasteiger partial charge on any atom is 0.240 e. The minimum Gasteiger partial charge on any atom is -0.344 e. The van der Waals surface area contributed by atoms with Crippen molar-refractivity contribution < 1.29 is 4.79 Å². The van der Waals surface area contributed by atoms with Crippen LogP contribution in [0.1, 0.15) is 12.0 Å². The van der Waals surface area contributed by atoms with Gasteiger partial charge in [0, 0.05) is 45.6 Å². The Kier molecular flexibility index (Phi) is 4.87. The van der Waals surface area contributed by atoms with Gasteiger partial charge in [0.25, 0.3) is 0 Å². The lowest BCUT2D eigenvalue weighted by Gasteiger charge is -2.29. The molecule has 19 heavy (non-hydrogen) atoms. The van der Waals surface area contributed by atoms with Gasteiger partial charge in [-0.3, -0.25) is 14.7 Å². The van der Waals surface area contributed by atoms with Gasteiger partial charge < -0.3 is 10.2 Å². The third kappa shape index (κ3) is 3.52. The van der Waals surface area contributed by atoms with E-state index in [0.29, 0.717) is 6.54 Å². The Morgan fingerprint density at radius 1 is 1.37 bits per heavy atom. The van der Waals surface area contributed by atoms with E-state index in [1.54, 1.807) is 12.4 Å². The molecule has 104 valence electrons. The zero-order valence-corrected chi connectivity index (χ0v) is 11.7. The number of rotatable bonds is 4. The van der Waals surface area contributed by atoms with E-state index in [0.717, 1.165) is 26.1 Å². The molecule has 1 aromatic heterocycles. The third-order valence-corrected chi connectivity index (χ3v) is 3.57. The smallest absolute Gasteiger partial charge is 0.240 e. The van der Waals surface area contributed by atoms with Gasteiger partial charge in [0.1, 0.15) is 6.04 Å². The van der Waals surface area contributed by atoms with E-state index in [1.807, 2.05) is 31.1 Å². The van der Waals surface area contributed by atoms with Crippen molar-refractivity contribution in [1.29, 1.82) is 0 Å². The van der Waals surface area contributed by atoms with Gasteiger partial charge in [-0.05, 0) is 31.2 Å². The van der Waals surface area contributed by atoms with Crippen LogP contribution < -0.4 is 5.32 Å². The Labute approximate surface area is 114 Å². The topological polar surface area (TPSA) is 48.5 Å². The first-order valence-corrected chi connectivity index (χ1v) is 6.75. The summed E-state index contributed by atoms with van der Waals surface area (Å²) in [6, 6.07) is 3.94. The SMILES string of the molecule is CNCC1C(=O)N(C)CCCN1Cc1ccncc1. The highest BCUT2D eigenvalue weighted by Gasteiger charge is 2.30. The minimum absolute atomic E-state index is 0.0781. The second-order valence-electron chi connectivity index (χ2n) is 5.01. The number of hydrogen-bond donors (Lipinski definition) is 1. The van der Waals surface area contributed by atoms with Crippen molar-refractivity contribution >= 4 is 5.91 Å². The van der Waals surface area contributed by atoms with E-state index < -0.39 is 0 Å². The summed E-state index contributed by atoms with van der Waals surface area (Å²) in [5.74, 6) is 0.209. The molecule has 0 saturated carbocycles. The van der Waals surface area contributed by atoms with Crippen LogP contribution >= 0.6 is 0 Å². The molecule has 0 bridgehead atoms. The first kappa shape index (κ1) is 14.0. The fraction of sp³-hybridized carbons (Fsp3) is 0.571. The summed E-state index contributed by atoms with van der Waals surface area (Å²) in [7, 11) is 3.78. The van der Waals surface area contributed by atoms with E-state index >= 15 is 0 Å². The Balaban J connectivity index is 2.13. The molecular formula is C14H22N4O. The molecule has 1 aliphatic rings. The molecule has 5 nitrogen and oxygen atoms in total. The highest BCUT2D eigenvalue weighted by atomic mass is 16.2. The van der Waals surface area contributed by atoms with Crippen molar-refractivity contribution in [3.05, 3.63) is 30.1 Å². The second kappa shape index (κ2) is 6.63. The average molecular weight is 262 g/mol. The van der Waals surface area contributed by atoms with Crippen LogP contribution in [0.5, 0.6) is 0 Å². The van der Waals surface area contributed by atoms with Gasteiger partial charge in [0.05, 0.1) is 0 Å². The number of likely N-dealkylation sites (N-methyl/N-ethyl adjacent to an activating group) is 2. The summed E-state index contributed by atoms with van der Waals surface area (Å²) in [5, 5.41) is 3.13. The maximum absolute atomic E-state index is 12.4. The molecule has 1 saturated heterocycles. The van der Waals surface area contributed by atoms with E-state index in [9.17, 15) is 4.79 Å². The number of nitrogens with zero attached hydrogens (tertiary/aromatic N) is 3. The Hall–Kier alpha value is -1.46. The molecular weight excluding hydrogens is 240 g/mol. The molecule has 2 rings (SSSR count). The highest BCUT2D eigenvalue weighted by Crippen LogP contribution is 2.14. The number of carbonyl (C=O) groups excluding carboxylic acids is 1. The molecule has 1 aromatic rings. The zero-order chi connectivity index (χ0) is 13.7. The van der Waals surface area contributed by atoms with E-state index in [-0.39, 0.29) is 11.9 Å². The van der Waals surface area contributed by atoms with Crippen molar-refractivity contribution in [2.75, 3.05) is 33.7 Å². The molecule has 1 atom stereocenters. The quantitative estimate of drug-likeness (QED) is 0.850. The van der Waals surface area contributed by atoms with Crippen LogP contribution in [-0.4, -0.2) is 60.5 Å². The minimum atomic E-state index is -0.0781. The van der Waals surface area contributed by atoms with Crippen LogP contribution in [0, 0.1) is 0 Å². The van der Waals surface area contributed by atoms with Gasteiger partial charge in [-0.25, -0.2) is 0 Å². The maximum atomic E-state index is 12.4. The standard InChI is InChI=1S/C14H22N4O/c1-15-10-13-14(19)17(2)8-3-9-18(13)11-12-4-6-16-7-5-12/h4-7,13,15H,3,8-11H2,1-2H3. The molecule has 1 fully saturated rings. The van der Waals surface area contributed by atoms with Crippen molar-refractivity contribution in [2.45, 2.75) is 19.0 Å². The predicted octanol–water partition coefficient (Wildman–Crippen LogP) is 0.334. The van der Waals surface area contributed by atoms with Gasteiger partial charge in [-0.2, -0.15) is 0 Å². The number of amides is 1. The molecule has 0 spiro atoms. The van der Waals surface area contributed by atoms with E-state index in [4.69, 9.17) is 0 Å². The number of pyridine rings is 1. The fourth-order valence-electron chi connectivity index (χ4n) is 2.51. The zero-order valence-electron chi connectivity index (χ0n) is 11.7. The molecule has 5 heteroatoms. The van der Waals surface area contributed by atoms with Crippen LogP contribution in [0.15, 0.2) is 24.5 Å². The van der Waals surface area contributed by atoms with Gasteiger partial charge in [0.15, 0.2) is 0 Å². The van der Waals surface area contributed by atoms with Gasteiger partial charge >= 0.3 is 0 Å². The molecule has 0 radical (unpaired) electrons. The second-order valence-corrected chi connectivity index (χ2v) is 5.01. The van der Waals surface area contributed by atoms with Crippen molar-refractivity contribution in [3.63, 3.8) is 0 Å². The summed E-state index contributed by atoms with van der Waals surface area (Å²) in [5.41, 5.74) is 1.20. The predicted molar refractivity (Wildman–Crippen MR) is 74.6 cm³/mol. The van der Waals surface area contributed by atoms with Crippen LogP contribution in [0.4, 0.5) is 0 Å². The lowest BCUT2D eigenvalue weighted by atomic mass is 10.1. The van der Waals surface area contributed by atoms with Crippen LogP contribution in [0.2, 0.25) is 0 Å². The molecule has 1 amide bonds. The number of nitrogens with one attached hydrogen (secondary N) is 1. The summed E-state index contributed by atoms with van der Waals surface area (Å²) < 4.78 is 0. The molecule has 2 heterocycles. The Morgan fingerprint density at radius 2 is 2.11 bits per heavy atom. The molecule has 0 aromatic carbocycles. The van der Waals surface area contributed by atoms with E-state index in [2.05, 4.69) is 15.2 Å².